The largest absolute Gasteiger partial charge is 0.341 e. The first-order valence-corrected chi connectivity index (χ1v) is 6.47. The van der Waals surface area contributed by atoms with Crippen molar-refractivity contribution in [1.82, 2.24) is 0 Å². The Labute approximate surface area is 86.6 Å². The monoisotopic (exact) mass is 195 g/mol. The summed E-state index contributed by atoms with van der Waals surface area (Å²) in [6.07, 6.45) is 9.99. The molecule has 2 heteroatoms. The average Bonchev–Trinajstić information content (AvgIpc) is 2.66. The van der Waals surface area contributed by atoms with E-state index in [9.17, 15) is 0 Å². The van der Waals surface area contributed by atoms with Gasteiger partial charge in [-0.2, -0.15) is 0 Å². The molecule has 2 aliphatic carbocycles. The predicted molar refractivity (Wildman–Crippen MR) is 56.8 cm³/mol. The van der Waals surface area contributed by atoms with E-state index < -0.39 is 0 Å². The van der Waals surface area contributed by atoms with Crippen molar-refractivity contribution in [3.8, 4) is 0 Å². The van der Waals surface area contributed by atoms with Crippen LogP contribution in [0.2, 0.25) is 0 Å². The van der Waals surface area contributed by atoms with Gasteiger partial charge in [0.05, 0.1) is 12.1 Å². The third kappa shape index (κ3) is 1.31. The zero-order valence-electron chi connectivity index (χ0n) is 8.99. The summed E-state index contributed by atoms with van der Waals surface area (Å²) in [5, 5.41) is 2.70. The van der Waals surface area contributed by atoms with Crippen molar-refractivity contribution in [2.24, 2.45) is 17.6 Å². The molecule has 5 unspecified atom stereocenters. The average molecular weight is 195 g/mol. The van der Waals surface area contributed by atoms with Crippen LogP contribution in [0, 0.1) is 11.8 Å². The second kappa shape index (κ2) is 3.49. The zero-order valence-corrected chi connectivity index (χ0v) is 8.99. The molecule has 1 aliphatic heterocycles. The van der Waals surface area contributed by atoms with Gasteiger partial charge >= 0.3 is 0 Å². The minimum Gasteiger partial charge on any atom is -0.341 e. The maximum atomic E-state index is 6.45. The van der Waals surface area contributed by atoms with Gasteiger partial charge in [-0.3, -0.25) is 0 Å². The van der Waals surface area contributed by atoms with E-state index in [1.54, 1.807) is 0 Å². The highest BCUT2D eigenvalue weighted by Crippen LogP contribution is 2.37. The molecule has 4 N–H and O–H groups in total. The number of hydrogen-bond acceptors (Lipinski definition) is 1. The molecule has 3 aliphatic rings. The molecule has 0 spiro atoms. The molecule has 3 rings (SSSR count). The molecule has 0 radical (unpaired) electrons. The van der Waals surface area contributed by atoms with Crippen LogP contribution in [0.1, 0.15) is 44.9 Å². The molecule has 0 aromatic carbocycles. The first-order valence-electron chi connectivity index (χ1n) is 6.47. The molecular formula is C12H23N2+. The van der Waals surface area contributed by atoms with E-state index in [4.69, 9.17) is 5.73 Å². The highest BCUT2D eigenvalue weighted by Gasteiger charge is 2.48. The highest BCUT2D eigenvalue weighted by atomic mass is 15.0. The van der Waals surface area contributed by atoms with Gasteiger partial charge in [0, 0.05) is 17.9 Å². The topological polar surface area (TPSA) is 42.6 Å². The van der Waals surface area contributed by atoms with E-state index in [1.165, 1.54) is 44.9 Å². The molecular weight excluding hydrogens is 172 g/mol. The standard InChI is InChI=1S/C12H22N2/c13-12-8-4-1-2-6-10(8)14-11-7-3-5-9(11)12/h8-12,14H,1-7,13H2/p+1. The Hall–Kier alpha value is -0.0800. The van der Waals surface area contributed by atoms with Crippen LogP contribution in [0.3, 0.4) is 0 Å². The van der Waals surface area contributed by atoms with Gasteiger partial charge in [0.15, 0.2) is 0 Å². The summed E-state index contributed by atoms with van der Waals surface area (Å²) in [5.41, 5.74) is 6.45. The van der Waals surface area contributed by atoms with Crippen LogP contribution in [0.5, 0.6) is 0 Å². The van der Waals surface area contributed by atoms with Gasteiger partial charge in [0.1, 0.15) is 0 Å². The summed E-state index contributed by atoms with van der Waals surface area (Å²) in [7, 11) is 0. The van der Waals surface area contributed by atoms with E-state index in [-0.39, 0.29) is 0 Å². The maximum Gasteiger partial charge on any atom is 0.0904 e. The lowest BCUT2D eigenvalue weighted by molar-refractivity contribution is -0.744. The van der Waals surface area contributed by atoms with Crippen LogP contribution in [0.15, 0.2) is 0 Å². The summed E-state index contributed by atoms with van der Waals surface area (Å²) >= 11 is 0. The second-order valence-electron chi connectivity index (χ2n) is 5.64. The molecule has 1 saturated heterocycles. The van der Waals surface area contributed by atoms with Gasteiger partial charge in [-0.1, -0.05) is 6.42 Å². The number of hydrogen-bond donors (Lipinski definition) is 2. The Balaban J connectivity index is 1.79. The molecule has 2 nitrogen and oxygen atoms in total. The van der Waals surface area contributed by atoms with Gasteiger partial charge < -0.3 is 11.1 Å². The smallest absolute Gasteiger partial charge is 0.0904 e. The molecule has 0 bridgehead atoms. The van der Waals surface area contributed by atoms with E-state index in [2.05, 4.69) is 5.32 Å². The van der Waals surface area contributed by atoms with Gasteiger partial charge in [-0.15, -0.1) is 0 Å². The molecule has 0 aromatic rings. The van der Waals surface area contributed by atoms with Crippen LogP contribution in [0.4, 0.5) is 0 Å². The molecule has 1 heterocycles. The lowest BCUT2D eigenvalue weighted by atomic mass is 9.71. The zero-order chi connectivity index (χ0) is 9.54. The van der Waals surface area contributed by atoms with Crippen molar-refractivity contribution in [1.29, 1.82) is 0 Å². The number of piperidine rings is 1. The van der Waals surface area contributed by atoms with Crippen LogP contribution >= 0.6 is 0 Å². The Morgan fingerprint density at radius 3 is 2.14 bits per heavy atom. The summed E-state index contributed by atoms with van der Waals surface area (Å²) in [6.45, 7) is 0. The quantitative estimate of drug-likeness (QED) is 0.584. The van der Waals surface area contributed by atoms with Crippen LogP contribution in [-0.4, -0.2) is 18.1 Å². The Morgan fingerprint density at radius 1 is 0.786 bits per heavy atom. The summed E-state index contributed by atoms with van der Waals surface area (Å²) in [5.74, 6) is 1.71. The number of rotatable bonds is 0. The van der Waals surface area contributed by atoms with Gasteiger partial charge in [-0.25, -0.2) is 0 Å². The molecule has 2 saturated carbocycles. The normalized spacial score (nSPS) is 52.5. The molecule has 5 atom stereocenters. The Bertz CT molecular complexity index is 216. The predicted octanol–water partition coefficient (Wildman–Crippen LogP) is 0.618. The van der Waals surface area contributed by atoms with Crippen molar-refractivity contribution in [3.63, 3.8) is 0 Å². The molecule has 80 valence electrons. The van der Waals surface area contributed by atoms with E-state index in [0.717, 1.165) is 23.9 Å². The Kier molecular flexibility index (Phi) is 2.29. The summed E-state index contributed by atoms with van der Waals surface area (Å²) in [6, 6.07) is 2.32. The fourth-order valence-electron chi connectivity index (χ4n) is 4.27. The van der Waals surface area contributed by atoms with Crippen molar-refractivity contribution < 1.29 is 5.32 Å². The first-order chi connectivity index (χ1) is 6.86. The van der Waals surface area contributed by atoms with Crippen molar-refractivity contribution >= 4 is 0 Å². The lowest BCUT2D eigenvalue weighted by Crippen LogP contribution is -3.00. The van der Waals surface area contributed by atoms with Crippen molar-refractivity contribution in [2.75, 3.05) is 0 Å². The number of nitrogens with two attached hydrogens (primary N) is 2. The molecule has 3 fully saturated rings. The number of quaternary nitrogens is 1. The van der Waals surface area contributed by atoms with Gasteiger partial charge in [0.2, 0.25) is 0 Å². The Morgan fingerprint density at radius 2 is 1.36 bits per heavy atom. The van der Waals surface area contributed by atoms with E-state index in [0.29, 0.717) is 6.04 Å². The van der Waals surface area contributed by atoms with Crippen LogP contribution in [-0.2, 0) is 0 Å². The lowest BCUT2D eigenvalue weighted by Gasteiger charge is -2.43. The van der Waals surface area contributed by atoms with E-state index in [1.807, 2.05) is 0 Å². The van der Waals surface area contributed by atoms with Crippen LogP contribution < -0.4 is 11.1 Å². The first kappa shape index (κ1) is 9.17. The summed E-state index contributed by atoms with van der Waals surface area (Å²) < 4.78 is 0. The van der Waals surface area contributed by atoms with Crippen molar-refractivity contribution in [2.45, 2.75) is 63.1 Å². The molecule has 14 heavy (non-hydrogen) atoms. The number of fused-ring (bicyclic) bond motifs is 2. The third-order valence-corrected chi connectivity index (χ3v) is 4.98. The van der Waals surface area contributed by atoms with Crippen LogP contribution in [0.25, 0.3) is 0 Å². The summed E-state index contributed by atoms with van der Waals surface area (Å²) in [4.78, 5) is 0. The fourth-order valence-corrected chi connectivity index (χ4v) is 4.27. The fraction of sp³-hybridized carbons (Fsp3) is 1.00. The maximum absolute atomic E-state index is 6.45. The minimum absolute atomic E-state index is 0.540. The second-order valence-corrected chi connectivity index (χ2v) is 5.64. The molecule has 0 aromatic heterocycles. The van der Waals surface area contributed by atoms with Gasteiger partial charge in [0.25, 0.3) is 0 Å². The SMILES string of the molecule is NC1C2CCCCC2[NH2+]C2CCCC21. The molecule has 0 amide bonds. The van der Waals surface area contributed by atoms with Gasteiger partial charge in [-0.05, 0) is 38.5 Å². The van der Waals surface area contributed by atoms with E-state index >= 15 is 0 Å². The third-order valence-electron chi connectivity index (χ3n) is 4.98. The van der Waals surface area contributed by atoms with Crippen molar-refractivity contribution in [3.05, 3.63) is 0 Å². The minimum atomic E-state index is 0.540. The highest BCUT2D eigenvalue weighted by molar-refractivity contribution is 4.95.